The molecular formula is C24H31N5O3. The fourth-order valence-corrected chi connectivity index (χ4v) is 2.90. The molecule has 8 heteroatoms. The average molecular weight is 438 g/mol. The number of hydrogen-bond donors (Lipinski definition) is 2. The molecule has 170 valence electrons. The maximum Gasteiger partial charge on any atom is 0.232 e. The Bertz CT molecular complexity index is 1030. The van der Waals surface area contributed by atoms with Crippen molar-refractivity contribution in [2.24, 2.45) is 16.0 Å². The molecule has 0 spiro atoms. The van der Waals surface area contributed by atoms with Crippen LogP contribution in [0.5, 0.6) is 5.75 Å². The van der Waals surface area contributed by atoms with E-state index >= 15 is 0 Å². The normalized spacial score (nSPS) is 15.1. The number of nitrogens with one attached hydrogen (secondary N) is 2. The molecule has 0 unspecified atom stereocenters. The van der Waals surface area contributed by atoms with Gasteiger partial charge < -0.3 is 10.2 Å². The summed E-state index contributed by atoms with van der Waals surface area (Å²) in [6.07, 6.45) is 1.72. The van der Waals surface area contributed by atoms with Gasteiger partial charge in [-0.25, -0.2) is 4.98 Å². The Morgan fingerprint density at radius 2 is 1.53 bits per heavy atom. The van der Waals surface area contributed by atoms with Gasteiger partial charge >= 0.3 is 0 Å². The van der Waals surface area contributed by atoms with Crippen LogP contribution in [0, 0.1) is 10.8 Å². The lowest BCUT2D eigenvalue weighted by molar-refractivity contribution is -0.123. The number of oxime groups is 1. The second-order valence-corrected chi connectivity index (χ2v) is 9.97. The maximum atomic E-state index is 12.7. The Hall–Kier alpha value is -3.29. The highest BCUT2D eigenvalue weighted by molar-refractivity contribution is 5.97. The third kappa shape index (κ3) is 5.90. The van der Waals surface area contributed by atoms with E-state index < -0.39 is 10.8 Å². The Labute approximate surface area is 188 Å². The van der Waals surface area contributed by atoms with Crippen LogP contribution in [0.1, 0.15) is 59.2 Å². The van der Waals surface area contributed by atoms with Crippen molar-refractivity contribution in [1.29, 1.82) is 0 Å². The smallest absolute Gasteiger partial charge is 0.232 e. The summed E-state index contributed by atoms with van der Waals surface area (Å²) in [4.78, 5) is 39.7. The monoisotopic (exact) mass is 437 g/mol. The SMILES string of the molecule is CC(C)(C)C(=O)Nc1nc2c(c(NC(=O)C(C)(C)C)n1)CC(=NOc1ccccc1)CC2. The van der Waals surface area contributed by atoms with Crippen LogP contribution in [-0.4, -0.2) is 27.5 Å². The van der Waals surface area contributed by atoms with E-state index in [0.29, 0.717) is 30.8 Å². The standard InChI is InChI=1S/C24H31N5O3/c1-23(2,3)20(30)26-19-17-14-15(29-32-16-10-8-7-9-11-16)12-13-18(17)25-22(27-19)28-21(31)24(4,5)6/h7-11H,12-14H2,1-6H3,(H2,25,26,27,28,30,31). The van der Waals surface area contributed by atoms with Gasteiger partial charge in [0.25, 0.3) is 0 Å². The maximum absolute atomic E-state index is 12.7. The van der Waals surface area contributed by atoms with Crippen LogP contribution in [0.2, 0.25) is 0 Å². The van der Waals surface area contributed by atoms with Crippen LogP contribution >= 0.6 is 0 Å². The highest BCUT2D eigenvalue weighted by Gasteiger charge is 2.28. The van der Waals surface area contributed by atoms with E-state index in [1.54, 1.807) is 0 Å². The number of carbonyl (C=O) groups is 2. The van der Waals surface area contributed by atoms with Gasteiger partial charge in [-0.15, -0.1) is 0 Å². The number of aryl methyl sites for hydroxylation is 1. The summed E-state index contributed by atoms with van der Waals surface area (Å²) in [6.45, 7) is 11.0. The molecule has 1 aliphatic rings. The van der Waals surface area contributed by atoms with Crippen LogP contribution < -0.4 is 15.5 Å². The van der Waals surface area contributed by atoms with Gasteiger partial charge in [0.15, 0.2) is 5.75 Å². The van der Waals surface area contributed by atoms with Crippen molar-refractivity contribution in [1.82, 2.24) is 9.97 Å². The van der Waals surface area contributed by atoms with Crippen LogP contribution in [0.3, 0.4) is 0 Å². The highest BCUT2D eigenvalue weighted by Crippen LogP contribution is 2.28. The average Bonchev–Trinajstić information content (AvgIpc) is 2.71. The topological polar surface area (TPSA) is 106 Å². The van der Waals surface area contributed by atoms with Gasteiger partial charge in [0.05, 0.1) is 11.4 Å². The van der Waals surface area contributed by atoms with Crippen LogP contribution in [0.25, 0.3) is 0 Å². The van der Waals surface area contributed by atoms with E-state index in [2.05, 4.69) is 25.8 Å². The number of fused-ring (bicyclic) bond motifs is 1. The van der Waals surface area contributed by atoms with Gasteiger partial charge in [0, 0.05) is 22.8 Å². The van der Waals surface area contributed by atoms with E-state index in [-0.39, 0.29) is 17.8 Å². The molecule has 0 atom stereocenters. The van der Waals surface area contributed by atoms with Crippen LogP contribution in [0.4, 0.5) is 11.8 Å². The lowest BCUT2D eigenvalue weighted by Crippen LogP contribution is -2.32. The van der Waals surface area contributed by atoms with Gasteiger partial charge in [-0.1, -0.05) is 64.9 Å². The van der Waals surface area contributed by atoms with Crippen molar-refractivity contribution in [3.05, 3.63) is 41.6 Å². The number of aromatic nitrogens is 2. The van der Waals surface area contributed by atoms with Crippen molar-refractivity contribution >= 4 is 29.3 Å². The first-order chi connectivity index (χ1) is 14.9. The number of hydrogen-bond acceptors (Lipinski definition) is 6. The third-order valence-corrected chi connectivity index (χ3v) is 4.97. The molecule has 1 aromatic carbocycles. The number of para-hydroxylation sites is 1. The van der Waals surface area contributed by atoms with E-state index in [1.165, 1.54) is 0 Å². The number of rotatable bonds is 4. The second kappa shape index (κ2) is 9.06. The molecule has 1 aromatic heterocycles. The molecular weight excluding hydrogens is 406 g/mol. The number of carbonyl (C=O) groups excluding carboxylic acids is 2. The Balaban J connectivity index is 1.91. The predicted molar refractivity (Wildman–Crippen MR) is 125 cm³/mol. The van der Waals surface area contributed by atoms with E-state index in [4.69, 9.17) is 4.84 Å². The molecule has 0 saturated heterocycles. The Morgan fingerprint density at radius 1 is 0.906 bits per heavy atom. The summed E-state index contributed by atoms with van der Waals surface area (Å²) in [7, 11) is 0. The molecule has 3 rings (SSSR count). The van der Waals surface area contributed by atoms with Gasteiger partial charge in [-0.2, -0.15) is 4.98 Å². The first-order valence-corrected chi connectivity index (χ1v) is 10.7. The zero-order valence-corrected chi connectivity index (χ0v) is 19.6. The minimum atomic E-state index is -0.603. The fraction of sp³-hybridized carbons (Fsp3) is 0.458. The van der Waals surface area contributed by atoms with Gasteiger partial charge in [-0.05, 0) is 25.0 Å². The fourth-order valence-electron chi connectivity index (χ4n) is 2.90. The van der Waals surface area contributed by atoms with Crippen LogP contribution in [-0.2, 0) is 22.4 Å². The van der Waals surface area contributed by atoms with Crippen molar-refractivity contribution in [3.8, 4) is 5.75 Å². The summed E-state index contributed by atoms with van der Waals surface area (Å²) >= 11 is 0. The summed E-state index contributed by atoms with van der Waals surface area (Å²) in [5.74, 6) is 0.875. The number of nitrogens with zero attached hydrogens (tertiary/aromatic N) is 3. The molecule has 32 heavy (non-hydrogen) atoms. The summed E-state index contributed by atoms with van der Waals surface area (Å²) < 4.78 is 0. The molecule has 0 bridgehead atoms. The molecule has 0 aliphatic heterocycles. The second-order valence-electron chi connectivity index (χ2n) is 9.97. The highest BCUT2D eigenvalue weighted by atomic mass is 16.6. The molecule has 2 N–H and O–H groups in total. The van der Waals surface area contributed by atoms with Crippen molar-refractivity contribution in [2.45, 2.75) is 60.8 Å². The summed E-state index contributed by atoms with van der Waals surface area (Å²) in [5, 5.41) is 10.00. The number of benzene rings is 1. The molecule has 8 nitrogen and oxygen atoms in total. The lowest BCUT2D eigenvalue weighted by atomic mass is 9.93. The van der Waals surface area contributed by atoms with Crippen molar-refractivity contribution in [2.75, 3.05) is 10.6 Å². The first-order valence-electron chi connectivity index (χ1n) is 10.7. The number of amides is 2. The molecule has 0 radical (unpaired) electrons. The zero-order chi connectivity index (χ0) is 23.5. The van der Waals surface area contributed by atoms with Crippen molar-refractivity contribution in [3.63, 3.8) is 0 Å². The largest absolute Gasteiger partial charge is 0.357 e. The van der Waals surface area contributed by atoms with Gasteiger partial charge in [0.1, 0.15) is 5.82 Å². The van der Waals surface area contributed by atoms with Gasteiger partial charge in [0.2, 0.25) is 17.8 Å². The van der Waals surface area contributed by atoms with E-state index in [9.17, 15) is 9.59 Å². The molecule has 2 amide bonds. The Morgan fingerprint density at radius 3 is 2.16 bits per heavy atom. The zero-order valence-electron chi connectivity index (χ0n) is 19.6. The van der Waals surface area contributed by atoms with E-state index in [0.717, 1.165) is 17.0 Å². The number of anilines is 2. The lowest BCUT2D eigenvalue weighted by Gasteiger charge is -2.24. The summed E-state index contributed by atoms with van der Waals surface area (Å²) in [6, 6.07) is 9.35. The minimum Gasteiger partial charge on any atom is -0.357 e. The first kappa shape index (κ1) is 23.4. The third-order valence-electron chi connectivity index (χ3n) is 4.97. The Kier molecular flexibility index (Phi) is 6.62. The molecule has 2 aromatic rings. The van der Waals surface area contributed by atoms with E-state index in [1.807, 2.05) is 71.9 Å². The molecule has 1 aliphatic carbocycles. The van der Waals surface area contributed by atoms with Crippen molar-refractivity contribution < 1.29 is 14.4 Å². The van der Waals surface area contributed by atoms with Gasteiger partial charge in [-0.3, -0.25) is 14.9 Å². The molecule has 1 heterocycles. The van der Waals surface area contributed by atoms with Crippen LogP contribution in [0.15, 0.2) is 35.5 Å². The summed E-state index contributed by atoms with van der Waals surface area (Å²) in [5.41, 5.74) is 1.21. The molecule has 0 fully saturated rings. The predicted octanol–water partition coefficient (Wildman–Crippen LogP) is 4.37. The molecule has 0 saturated carbocycles. The quantitative estimate of drug-likeness (QED) is 0.691. The minimum absolute atomic E-state index is 0.170.